The summed E-state index contributed by atoms with van der Waals surface area (Å²) in [5.41, 5.74) is 3.71. The van der Waals surface area contributed by atoms with Gasteiger partial charge in [0, 0.05) is 42.6 Å². The molecule has 36 heavy (non-hydrogen) atoms. The molecule has 0 saturated heterocycles. The molecule has 2 amide bonds. The lowest BCUT2D eigenvalue weighted by Crippen LogP contribution is -2.45. The number of amides is 2. The van der Waals surface area contributed by atoms with Crippen LogP contribution < -0.4 is 14.9 Å². The minimum atomic E-state index is -1.45. The number of aryl methyl sites for hydroxylation is 1. The first kappa shape index (κ1) is 23.2. The number of carbonyl (C=O) groups is 1. The second-order valence-electron chi connectivity index (χ2n) is 8.15. The van der Waals surface area contributed by atoms with Gasteiger partial charge < -0.3 is 14.9 Å². The first-order valence-corrected chi connectivity index (χ1v) is 12.4. The Kier molecular flexibility index (Phi) is 6.46. The van der Waals surface area contributed by atoms with Crippen LogP contribution in [0.25, 0.3) is 0 Å². The zero-order chi connectivity index (χ0) is 25.1. The molecule has 1 atom stereocenters. The summed E-state index contributed by atoms with van der Waals surface area (Å²) in [4.78, 5) is 26.3. The minimum absolute atomic E-state index is 0.223. The zero-order valence-corrected chi connectivity index (χ0v) is 20.4. The number of fused-ring (bicyclic) bond motifs is 1. The van der Waals surface area contributed by atoms with E-state index in [1.54, 1.807) is 45.1 Å². The molecule has 1 aliphatic rings. The van der Waals surface area contributed by atoms with Gasteiger partial charge >= 0.3 is 6.03 Å². The molecule has 2 aromatic heterocycles. The molecule has 3 heterocycles. The number of carbonyl (C=O) groups excluding carboxylic acids is 1. The van der Waals surface area contributed by atoms with Crippen molar-refractivity contribution < 1.29 is 9.00 Å². The topological polar surface area (TPSA) is 108 Å². The molecule has 11 heteroatoms. The number of aromatic nitrogens is 4. The lowest BCUT2D eigenvalue weighted by Gasteiger charge is -2.36. The highest BCUT2D eigenvalue weighted by Gasteiger charge is 2.33. The van der Waals surface area contributed by atoms with E-state index in [2.05, 4.69) is 26.7 Å². The highest BCUT2D eigenvalue weighted by atomic mass is 32.2. The summed E-state index contributed by atoms with van der Waals surface area (Å²) in [5.74, 6) is 0.825. The SMILES string of the molecule is C=CS(=O)Nc1cccc(N2C(=O)N(Cc3ccccc3)Cc3cnc(Nc4cnn(C)c4)nc32)c1. The van der Waals surface area contributed by atoms with Crippen molar-refractivity contribution in [2.45, 2.75) is 13.1 Å². The van der Waals surface area contributed by atoms with Crippen LogP contribution in [0.1, 0.15) is 11.1 Å². The molecular weight excluding hydrogens is 476 g/mol. The molecule has 0 spiro atoms. The van der Waals surface area contributed by atoms with Gasteiger partial charge in [-0.25, -0.2) is 18.9 Å². The Hall–Kier alpha value is -4.51. The first-order valence-electron chi connectivity index (χ1n) is 11.1. The third-order valence-corrected chi connectivity index (χ3v) is 6.27. The highest BCUT2D eigenvalue weighted by Crippen LogP contribution is 2.35. The average molecular weight is 501 g/mol. The molecule has 0 aliphatic carbocycles. The smallest absolute Gasteiger partial charge is 0.321 e. The Morgan fingerprint density at radius 2 is 1.94 bits per heavy atom. The molecule has 182 valence electrons. The second-order valence-corrected chi connectivity index (χ2v) is 9.28. The summed E-state index contributed by atoms with van der Waals surface area (Å²) in [5, 5.41) is 8.60. The molecular formula is C25H24N8O2S. The van der Waals surface area contributed by atoms with Gasteiger partial charge in [0.25, 0.3) is 0 Å². The first-order chi connectivity index (χ1) is 17.5. The fourth-order valence-electron chi connectivity index (χ4n) is 3.91. The fraction of sp³-hybridized carbons (Fsp3) is 0.120. The van der Waals surface area contributed by atoms with E-state index in [0.717, 1.165) is 16.8 Å². The van der Waals surface area contributed by atoms with Gasteiger partial charge in [-0.1, -0.05) is 43.0 Å². The van der Waals surface area contributed by atoms with Crippen LogP contribution in [-0.2, 0) is 31.1 Å². The van der Waals surface area contributed by atoms with Crippen molar-refractivity contribution in [3.63, 3.8) is 0 Å². The van der Waals surface area contributed by atoms with Crippen molar-refractivity contribution in [1.29, 1.82) is 0 Å². The van der Waals surface area contributed by atoms with Gasteiger partial charge in [0.15, 0.2) is 5.82 Å². The largest absolute Gasteiger partial charge is 0.330 e. The Bertz CT molecular complexity index is 1440. The van der Waals surface area contributed by atoms with Gasteiger partial charge in [-0.05, 0) is 23.8 Å². The van der Waals surface area contributed by atoms with Crippen molar-refractivity contribution in [3.05, 3.63) is 96.3 Å². The molecule has 1 unspecified atom stereocenters. The maximum Gasteiger partial charge on any atom is 0.330 e. The van der Waals surface area contributed by atoms with E-state index < -0.39 is 11.0 Å². The van der Waals surface area contributed by atoms with Crippen LogP contribution in [0.5, 0.6) is 0 Å². The zero-order valence-electron chi connectivity index (χ0n) is 19.5. The summed E-state index contributed by atoms with van der Waals surface area (Å²) in [6.07, 6.45) is 5.21. The normalized spacial score (nSPS) is 13.8. The average Bonchev–Trinajstić information content (AvgIpc) is 3.29. The van der Waals surface area contributed by atoms with Gasteiger partial charge in [0.2, 0.25) is 5.95 Å². The van der Waals surface area contributed by atoms with E-state index in [1.165, 1.54) is 5.41 Å². The number of hydrogen-bond acceptors (Lipinski definition) is 6. The Labute approximate surface area is 210 Å². The molecule has 0 fully saturated rings. The van der Waals surface area contributed by atoms with Crippen LogP contribution in [0.15, 0.2) is 85.2 Å². The number of nitrogens with zero attached hydrogens (tertiary/aromatic N) is 6. The summed E-state index contributed by atoms with van der Waals surface area (Å²) in [7, 11) is 0.374. The monoisotopic (exact) mass is 500 g/mol. The van der Waals surface area contributed by atoms with Gasteiger partial charge in [-0.3, -0.25) is 4.68 Å². The van der Waals surface area contributed by atoms with Crippen LogP contribution in [0.2, 0.25) is 0 Å². The molecule has 4 aromatic rings. The van der Waals surface area contributed by atoms with Gasteiger partial charge in [0.05, 0.1) is 24.1 Å². The van der Waals surface area contributed by atoms with E-state index in [-0.39, 0.29) is 6.03 Å². The standard InChI is InChI=1S/C25H24N8O2S/c1-3-36(35)30-20-10-7-11-22(12-20)33-23-19(13-26-24(29-23)28-21-14-27-31(2)17-21)16-32(25(33)34)15-18-8-5-4-6-9-18/h3-14,17,30H,1,15-16H2,2H3,(H,26,28,29). The summed E-state index contributed by atoms with van der Waals surface area (Å²) in [6.45, 7) is 4.34. The quantitative estimate of drug-likeness (QED) is 0.370. The van der Waals surface area contributed by atoms with Crippen LogP contribution in [0.4, 0.5) is 33.6 Å². The van der Waals surface area contributed by atoms with Gasteiger partial charge in [-0.2, -0.15) is 10.1 Å². The number of benzene rings is 2. The van der Waals surface area contributed by atoms with Gasteiger partial charge in [0.1, 0.15) is 11.0 Å². The van der Waals surface area contributed by atoms with Crippen molar-refractivity contribution in [2.24, 2.45) is 7.05 Å². The molecule has 1 aliphatic heterocycles. The molecule has 0 bridgehead atoms. The predicted molar refractivity (Wildman–Crippen MR) is 140 cm³/mol. The maximum atomic E-state index is 13.8. The minimum Gasteiger partial charge on any atom is -0.321 e. The van der Waals surface area contributed by atoms with Crippen molar-refractivity contribution >= 4 is 45.8 Å². The lowest BCUT2D eigenvalue weighted by atomic mass is 10.1. The molecule has 2 N–H and O–H groups in total. The van der Waals surface area contributed by atoms with Crippen LogP contribution in [0.3, 0.4) is 0 Å². The third-order valence-electron chi connectivity index (χ3n) is 5.53. The molecule has 2 aromatic carbocycles. The van der Waals surface area contributed by atoms with Crippen molar-refractivity contribution in [2.75, 3.05) is 14.9 Å². The third kappa shape index (κ3) is 4.96. The Morgan fingerprint density at radius 3 is 2.69 bits per heavy atom. The fourth-order valence-corrected chi connectivity index (χ4v) is 4.35. The summed E-state index contributed by atoms with van der Waals surface area (Å²) < 4.78 is 16.5. The Balaban J connectivity index is 1.54. The van der Waals surface area contributed by atoms with Crippen LogP contribution in [-0.4, -0.2) is 34.9 Å². The maximum absolute atomic E-state index is 13.8. The molecule has 0 radical (unpaired) electrons. The lowest BCUT2D eigenvalue weighted by molar-refractivity contribution is 0.198. The van der Waals surface area contributed by atoms with E-state index in [1.807, 2.05) is 49.6 Å². The highest BCUT2D eigenvalue weighted by molar-refractivity contribution is 7.89. The van der Waals surface area contributed by atoms with E-state index in [4.69, 9.17) is 4.98 Å². The summed E-state index contributed by atoms with van der Waals surface area (Å²) >= 11 is 0. The predicted octanol–water partition coefficient (Wildman–Crippen LogP) is 4.45. The number of rotatable bonds is 8. The number of anilines is 5. The number of urea groups is 1. The summed E-state index contributed by atoms with van der Waals surface area (Å²) in [6, 6.07) is 16.7. The molecule has 0 saturated carbocycles. The molecule has 5 rings (SSSR count). The van der Waals surface area contributed by atoms with Crippen molar-refractivity contribution in [3.8, 4) is 0 Å². The van der Waals surface area contributed by atoms with Crippen LogP contribution in [0, 0.1) is 0 Å². The van der Waals surface area contributed by atoms with E-state index >= 15 is 0 Å². The van der Waals surface area contributed by atoms with Gasteiger partial charge in [-0.15, -0.1) is 0 Å². The number of hydrogen-bond donors (Lipinski definition) is 2. The van der Waals surface area contributed by atoms with E-state index in [9.17, 15) is 9.00 Å². The second kappa shape index (κ2) is 10.0. The molecule has 10 nitrogen and oxygen atoms in total. The number of nitrogens with one attached hydrogen (secondary N) is 2. The Morgan fingerprint density at radius 1 is 1.11 bits per heavy atom. The van der Waals surface area contributed by atoms with Crippen molar-refractivity contribution in [1.82, 2.24) is 24.6 Å². The van der Waals surface area contributed by atoms with E-state index in [0.29, 0.717) is 36.2 Å². The van der Waals surface area contributed by atoms with Crippen LogP contribution >= 0.6 is 0 Å².